The number of urea groups is 1. The van der Waals surface area contributed by atoms with Crippen LogP contribution in [0.1, 0.15) is 30.9 Å². The standard InChI is InChI=1S/C17H19ClN2O/c1-12(2)14-6-8-16(9-7-14)20-17(21)19-11-13-4-3-5-15(18)10-13/h3-10,12H,11H2,1-2H3,(H2,19,20,21). The molecular formula is C17H19ClN2O. The zero-order valence-corrected chi connectivity index (χ0v) is 12.9. The van der Waals surface area contributed by atoms with Crippen LogP contribution in [-0.2, 0) is 6.54 Å². The zero-order chi connectivity index (χ0) is 15.2. The number of rotatable bonds is 4. The third kappa shape index (κ3) is 4.80. The van der Waals surface area contributed by atoms with E-state index < -0.39 is 0 Å². The Hall–Kier alpha value is -2.00. The van der Waals surface area contributed by atoms with Crippen LogP contribution in [0.3, 0.4) is 0 Å². The normalized spacial score (nSPS) is 10.5. The summed E-state index contributed by atoms with van der Waals surface area (Å²) in [6, 6.07) is 15.1. The van der Waals surface area contributed by atoms with Gasteiger partial charge < -0.3 is 10.6 Å². The molecule has 0 aliphatic heterocycles. The van der Waals surface area contributed by atoms with E-state index in [2.05, 4.69) is 24.5 Å². The fourth-order valence-corrected chi connectivity index (χ4v) is 2.17. The highest BCUT2D eigenvalue weighted by Gasteiger charge is 2.03. The minimum atomic E-state index is -0.229. The molecule has 0 aromatic heterocycles. The first-order chi connectivity index (χ1) is 10.0. The highest BCUT2D eigenvalue weighted by Crippen LogP contribution is 2.17. The van der Waals surface area contributed by atoms with Crippen LogP contribution in [0, 0.1) is 0 Å². The number of carbonyl (C=O) groups excluding carboxylic acids is 1. The monoisotopic (exact) mass is 302 g/mol. The van der Waals surface area contributed by atoms with Gasteiger partial charge in [0.1, 0.15) is 0 Å². The quantitative estimate of drug-likeness (QED) is 0.838. The minimum absolute atomic E-state index is 0.229. The van der Waals surface area contributed by atoms with Crippen LogP contribution in [-0.4, -0.2) is 6.03 Å². The van der Waals surface area contributed by atoms with Gasteiger partial charge in [0.05, 0.1) is 0 Å². The molecule has 0 heterocycles. The van der Waals surface area contributed by atoms with Crippen molar-refractivity contribution in [3.63, 3.8) is 0 Å². The van der Waals surface area contributed by atoms with E-state index in [1.807, 2.05) is 42.5 Å². The van der Waals surface area contributed by atoms with Gasteiger partial charge in [0.25, 0.3) is 0 Å². The maximum absolute atomic E-state index is 11.8. The molecule has 2 aromatic rings. The molecule has 4 heteroatoms. The van der Waals surface area contributed by atoms with Gasteiger partial charge in [-0.25, -0.2) is 4.79 Å². The molecule has 110 valence electrons. The number of halogens is 1. The average molecular weight is 303 g/mol. The first-order valence-corrected chi connectivity index (χ1v) is 7.31. The molecule has 2 aromatic carbocycles. The lowest BCUT2D eigenvalue weighted by Gasteiger charge is -2.10. The summed E-state index contributed by atoms with van der Waals surface area (Å²) in [4.78, 5) is 11.8. The van der Waals surface area contributed by atoms with Crippen molar-refractivity contribution in [3.05, 3.63) is 64.7 Å². The summed E-state index contributed by atoms with van der Waals surface area (Å²) in [7, 11) is 0. The maximum atomic E-state index is 11.8. The van der Waals surface area contributed by atoms with Crippen molar-refractivity contribution in [1.29, 1.82) is 0 Å². The van der Waals surface area contributed by atoms with Crippen LogP contribution in [0.15, 0.2) is 48.5 Å². The van der Waals surface area contributed by atoms with E-state index in [1.54, 1.807) is 6.07 Å². The van der Waals surface area contributed by atoms with Gasteiger partial charge >= 0.3 is 6.03 Å². The Balaban J connectivity index is 1.87. The molecule has 0 radical (unpaired) electrons. The predicted octanol–water partition coefficient (Wildman–Crippen LogP) is 4.79. The van der Waals surface area contributed by atoms with E-state index >= 15 is 0 Å². The van der Waals surface area contributed by atoms with Gasteiger partial charge in [-0.1, -0.05) is 49.7 Å². The fourth-order valence-electron chi connectivity index (χ4n) is 1.96. The van der Waals surface area contributed by atoms with Crippen LogP contribution in [0.4, 0.5) is 10.5 Å². The second-order valence-electron chi connectivity index (χ2n) is 5.21. The minimum Gasteiger partial charge on any atom is -0.334 e. The van der Waals surface area contributed by atoms with Gasteiger partial charge in [-0.05, 0) is 41.3 Å². The smallest absolute Gasteiger partial charge is 0.319 e. The van der Waals surface area contributed by atoms with Gasteiger partial charge in [0.2, 0.25) is 0 Å². The molecular weight excluding hydrogens is 284 g/mol. The summed E-state index contributed by atoms with van der Waals surface area (Å²) in [5, 5.41) is 6.28. The molecule has 2 amide bonds. The predicted molar refractivity (Wildman–Crippen MR) is 87.8 cm³/mol. The van der Waals surface area contributed by atoms with Gasteiger partial charge in [0.15, 0.2) is 0 Å². The highest BCUT2D eigenvalue weighted by molar-refractivity contribution is 6.30. The first kappa shape index (κ1) is 15.4. The molecule has 0 saturated heterocycles. The van der Waals surface area contributed by atoms with E-state index in [0.717, 1.165) is 11.3 Å². The molecule has 0 aliphatic rings. The molecule has 0 saturated carbocycles. The van der Waals surface area contributed by atoms with Crippen LogP contribution < -0.4 is 10.6 Å². The second-order valence-corrected chi connectivity index (χ2v) is 5.65. The number of nitrogens with one attached hydrogen (secondary N) is 2. The zero-order valence-electron chi connectivity index (χ0n) is 12.2. The summed E-state index contributed by atoms with van der Waals surface area (Å²) >= 11 is 5.90. The van der Waals surface area contributed by atoms with Crippen LogP contribution in [0.5, 0.6) is 0 Å². The van der Waals surface area contributed by atoms with Crippen molar-refractivity contribution in [2.24, 2.45) is 0 Å². The molecule has 3 nitrogen and oxygen atoms in total. The number of benzene rings is 2. The largest absolute Gasteiger partial charge is 0.334 e. The van der Waals surface area contributed by atoms with E-state index in [0.29, 0.717) is 17.5 Å². The fraction of sp³-hybridized carbons (Fsp3) is 0.235. The SMILES string of the molecule is CC(C)c1ccc(NC(=O)NCc2cccc(Cl)c2)cc1. The summed E-state index contributed by atoms with van der Waals surface area (Å²) < 4.78 is 0. The molecule has 0 fully saturated rings. The molecule has 0 spiro atoms. The molecule has 2 N–H and O–H groups in total. The maximum Gasteiger partial charge on any atom is 0.319 e. The molecule has 21 heavy (non-hydrogen) atoms. The molecule has 0 atom stereocenters. The average Bonchev–Trinajstić information content (AvgIpc) is 2.46. The van der Waals surface area contributed by atoms with E-state index in [4.69, 9.17) is 11.6 Å². The number of hydrogen-bond donors (Lipinski definition) is 2. The van der Waals surface area contributed by atoms with E-state index in [-0.39, 0.29) is 6.03 Å². The molecule has 0 aliphatic carbocycles. The molecule has 0 bridgehead atoms. The third-order valence-electron chi connectivity index (χ3n) is 3.18. The Labute approximate surface area is 130 Å². The Morgan fingerprint density at radius 3 is 2.48 bits per heavy atom. The number of carbonyl (C=O) groups is 1. The first-order valence-electron chi connectivity index (χ1n) is 6.94. The summed E-state index contributed by atoms with van der Waals surface area (Å²) in [6.07, 6.45) is 0. The van der Waals surface area contributed by atoms with Gasteiger partial charge in [-0.15, -0.1) is 0 Å². The van der Waals surface area contributed by atoms with Crippen LogP contribution in [0.2, 0.25) is 5.02 Å². The van der Waals surface area contributed by atoms with Crippen molar-refractivity contribution in [3.8, 4) is 0 Å². The Bertz CT molecular complexity index is 608. The van der Waals surface area contributed by atoms with Crippen molar-refractivity contribution in [2.45, 2.75) is 26.3 Å². The lowest BCUT2D eigenvalue weighted by atomic mass is 10.0. The third-order valence-corrected chi connectivity index (χ3v) is 3.41. The summed E-state index contributed by atoms with van der Waals surface area (Å²) in [6.45, 7) is 4.72. The Kier molecular flexibility index (Phi) is 5.23. The summed E-state index contributed by atoms with van der Waals surface area (Å²) in [5.74, 6) is 0.482. The topological polar surface area (TPSA) is 41.1 Å². The highest BCUT2D eigenvalue weighted by atomic mass is 35.5. The van der Waals surface area contributed by atoms with Crippen LogP contribution >= 0.6 is 11.6 Å². The number of anilines is 1. The lowest BCUT2D eigenvalue weighted by Crippen LogP contribution is -2.28. The lowest BCUT2D eigenvalue weighted by molar-refractivity contribution is 0.251. The van der Waals surface area contributed by atoms with Crippen molar-refractivity contribution in [1.82, 2.24) is 5.32 Å². The van der Waals surface area contributed by atoms with Gasteiger partial charge in [-0.2, -0.15) is 0 Å². The number of hydrogen-bond acceptors (Lipinski definition) is 1. The van der Waals surface area contributed by atoms with E-state index in [1.165, 1.54) is 5.56 Å². The van der Waals surface area contributed by atoms with Gasteiger partial charge in [-0.3, -0.25) is 0 Å². The Morgan fingerprint density at radius 1 is 1.14 bits per heavy atom. The van der Waals surface area contributed by atoms with Crippen molar-refractivity contribution >= 4 is 23.3 Å². The Morgan fingerprint density at radius 2 is 1.86 bits per heavy atom. The number of amides is 2. The van der Waals surface area contributed by atoms with Crippen LogP contribution in [0.25, 0.3) is 0 Å². The second kappa shape index (κ2) is 7.14. The van der Waals surface area contributed by atoms with Crippen molar-refractivity contribution < 1.29 is 4.79 Å². The van der Waals surface area contributed by atoms with Gasteiger partial charge in [0, 0.05) is 17.3 Å². The summed E-state index contributed by atoms with van der Waals surface area (Å²) in [5.41, 5.74) is 3.00. The molecule has 0 unspecified atom stereocenters. The molecule has 2 rings (SSSR count). The van der Waals surface area contributed by atoms with E-state index in [9.17, 15) is 4.79 Å². The van der Waals surface area contributed by atoms with Crippen molar-refractivity contribution in [2.75, 3.05) is 5.32 Å².